The molecule has 2 rings (SSSR count). The maximum Gasteiger partial charge on any atom is 0.345 e. The molecule has 5 heteroatoms. The number of ether oxygens (including phenoxy) is 2. The van der Waals surface area contributed by atoms with Crippen molar-refractivity contribution in [2.75, 3.05) is 13.2 Å². The fourth-order valence-electron chi connectivity index (χ4n) is 2.36. The Bertz CT molecular complexity index is 533. The molecule has 0 saturated carbocycles. The zero-order valence-corrected chi connectivity index (χ0v) is 12.3. The molecule has 112 valence electrons. The third-order valence-electron chi connectivity index (χ3n) is 3.38. The van der Waals surface area contributed by atoms with E-state index in [1.807, 2.05) is 30.3 Å². The van der Waals surface area contributed by atoms with Crippen LogP contribution >= 0.6 is 0 Å². The molecule has 1 heterocycles. The number of rotatable bonds is 5. The number of esters is 2. The van der Waals surface area contributed by atoms with Crippen molar-refractivity contribution in [3.8, 4) is 0 Å². The summed E-state index contributed by atoms with van der Waals surface area (Å²) in [6, 6.07) is 9.51. The van der Waals surface area contributed by atoms with E-state index in [0.717, 1.165) is 11.3 Å². The van der Waals surface area contributed by atoms with Gasteiger partial charge in [-0.2, -0.15) is 0 Å². The Morgan fingerprint density at radius 1 is 1.10 bits per heavy atom. The van der Waals surface area contributed by atoms with Crippen molar-refractivity contribution in [3.05, 3.63) is 35.9 Å². The fraction of sp³-hybridized carbons (Fsp3) is 0.438. The molecule has 0 unspecified atom stereocenters. The summed E-state index contributed by atoms with van der Waals surface area (Å²) < 4.78 is 10.1. The summed E-state index contributed by atoms with van der Waals surface area (Å²) in [4.78, 5) is 28.9. The number of carbonyl (C=O) groups is 2. The van der Waals surface area contributed by atoms with Crippen molar-refractivity contribution in [3.63, 3.8) is 0 Å². The Morgan fingerprint density at radius 2 is 1.67 bits per heavy atom. The molecule has 1 aromatic rings. The van der Waals surface area contributed by atoms with E-state index >= 15 is 0 Å². The van der Waals surface area contributed by atoms with Gasteiger partial charge in [-0.25, -0.2) is 9.59 Å². The third kappa shape index (κ3) is 2.96. The predicted octanol–water partition coefficient (Wildman–Crippen LogP) is 2.13. The van der Waals surface area contributed by atoms with Gasteiger partial charge >= 0.3 is 11.9 Å². The van der Waals surface area contributed by atoms with Crippen molar-refractivity contribution < 1.29 is 19.1 Å². The summed E-state index contributed by atoms with van der Waals surface area (Å²) in [5.41, 5.74) is 0.0988. The van der Waals surface area contributed by atoms with Crippen LogP contribution in [-0.2, 0) is 19.1 Å². The third-order valence-corrected chi connectivity index (χ3v) is 3.38. The van der Waals surface area contributed by atoms with Gasteiger partial charge in [-0.15, -0.1) is 0 Å². The van der Waals surface area contributed by atoms with Crippen LogP contribution in [0.1, 0.15) is 32.3 Å². The van der Waals surface area contributed by atoms with Gasteiger partial charge in [-0.3, -0.25) is 4.99 Å². The zero-order chi connectivity index (χ0) is 15.3. The fourth-order valence-corrected chi connectivity index (χ4v) is 2.36. The summed E-state index contributed by atoms with van der Waals surface area (Å²) in [5.74, 6) is -1.26. The Morgan fingerprint density at radius 3 is 2.19 bits per heavy atom. The number of benzene rings is 1. The number of carbonyl (C=O) groups excluding carboxylic acids is 2. The number of hydrogen-bond acceptors (Lipinski definition) is 5. The molecule has 0 radical (unpaired) electrons. The first-order valence-corrected chi connectivity index (χ1v) is 7.12. The average molecular weight is 289 g/mol. The summed E-state index contributed by atoms with van der Waals surface area (Å²) in [7, 11) is 0. The van der Waals surface area contributed by atoms with Crippen LogP contribution in [0.15, 0.2) is 35.3 Å². The molecule has 21 heavy (non-hydrogen) atoms. The van der Waals surface area contributed by atoms with Gasteiger partial charge in [-0.05, 0) is 32.3 Å². The molecule has 1 aliphatic heterocycles. The van der Waals surface area contributed by atoms with E-state index in [0.29, 0.717) is 6.42 Å². The zero-order valence-electron chi connectivity index (χ0n) is 12.3. The second-order valence-corrected chi connectivity index (χ2v) is 4.73. The van der Waals surface area contributed by atoms with Crippen LogP contribution in [0.2, 0.25) is 0 Å². The predicted molar refractivity (Wildman–Crippen MR) is 78.2 cm³/mol. The lowest BCUT2D eigenvalue weighted by Crippen LogP contribution is -2.45. The van der Waals surface area contributed by atoms with E-state index < -0.39 is 17.5 Å². The molecule has 0 spiro atoms. The van der Waals surface area contributed by atoms with Crippen LogP contribution < -0.4 is 0 Å². The molecule has 0 amide bonds. The largest absolute Gasteiger partial charge is 0.464 e. The van der Waals surface area contributed by atoms with Crippen LogP contribution in [0.25, 0.3) is 0 Å². The molecule has 1 aromatic carbocycles. The Hall–Kier alpha value is -2.17. The first kappa shape index (κ1) is 15.2. The summed E-state index contributed by atoms with van der Waals surface area (Å²) in [6.07, 6.45) is 0.830. The SMILES string of the molecule is CCOC(=O)C1(C(=O)OCC)CCC(c2ccccc2)=N1. The van der Waals surface area contributed by atoms with E-state index in [2.05, 4.69) is 4.99 Å². The summed E-state index contributed by atoms with van der Waals surface area (Å²) >= 11 is 0. The number of aliphatic imine (C=N–C) groups is 1. The smallest absolute Gasteiger partial charge is 0.345 e. The van der Waals surface area contributed by atoms with Gasteiger partial charge in [0.1, 0.15) is 0 Å². The Kier molecular flexibility index (Phi) is 4.73. The van der Waals surface area contributed by atoms with Gasteiger partial charge in [-0.1, -0.05) is 30.3 Å². The molecule has 0 N–H and O–H groups in total. The summed E-state index contributed by atoms with van der Waals surface area (Å²) in [6.45, 7) is 3.81. The lowest BCUT2D eigenvalue weighted by Gasteiger charge is -2.21. The van der Waals surface area contributed by atoms with Gasteiger partial charge in [0, 0.05) is 5.71 Å². The van der Waals surface area contributed by atoms with Gasteiger partial charge in [0.05, 0.1) is 13.2 Å². The van der Waals surface area contributed by atoms with E-state index in [1.54, 1.807) is 13.8 Å². The average Bonchev–Trinajstić information content (AvgIpc) is 2.95. The standard InChI is InChI=1S/C16H19NO4/c1-3-20-14(18)16(15(19)21-4-2)11-10-13(17-16)12-8-6-5-7-9-12/h5-9H,3-4,10-11H2,1-2H3. The minimum absolute atomic E-state index is 0.205. The second-order valence-electron chi connectivity index (χ2n) is 4.73. The number of nitrogens with zero attached hydrogens (tertiary/aromatic N) is 1. The lowest BCUT2D eigenvalue weighted by atomic mass is 9.96. The van der Waals surface area contributed by atoms with Gasteiger partial charge in [0.25, 0.3) is 5.54 Å². The molecule has 0 atom stereocenters. The Balaban J connectivity index is 2.36. The molecule has 0 bridgehead atoms. The highest BCUT2D eigenvalue weighted by atomic mass is 16.6. The van der Waals surface area contributed by atoms with Gasteiger partial charge < -0.3 is 9.47 Å². The van der Waals surface area contributed by atoms with Crippen molar-refractivity contribution in [1.82, 2.24) is 0 Å². The highest BCUT2D eigenvalue weighted by Crippen LogP contribution is 2.31. The van der Waals surface area contributed by atoms with Crippen LogP contribution in [0.5, 0.6) is 0 Å². The van der Waals surface area contributed by atoms with Crippen LogP contribution in [0.3, 0.4) is 0 Å². The molecule has 0 aromatic heterocycles. The van der Waals surface area contributed by atoms with Crippen LogP contribution in [0, 0.1) is 0 Å². The molecule has 5 nitrogen and oxygen atoms in total. The molecule has 0 aliphatic carbocycles. The Labute approximate surface area is 124 Å². The van der Waals surface area contributed by atoms with Crippen LogP contribution in [0.4, 0.5) is 0 Å². The topological polar surface area (TPSA) is 65.0 Å². The molecule has 1 aliphatic rings. The molecule has 0 fully saturated rings. The van der Waals surface area contributed by atoms with Crippen molar-refractivity contribution >= 4 is 17.7 Å². The van der Waals surface area contributed by atoms with E-state index in [-0.39, 0.29) is 19.6 Å². The van der Waals surface area contributed by atoms with Crippen LogP contribution in [-0.4, -0.2) is 36.4 Å². The van der Waals surface area contributed by atoms with Gasteiger partial charge in [0.15, 0.2) is 0 Å². The summed E-state index contributed by atoms with van der Waals surface area (Å²) in [5, 5.41) is 0. The monoisotopic (exact) mass is 289 g/mol. The van der Waals surface area contributed by atoms with Crippen molar-refractivity contribution in [2.45, 2.75) is 32.2 Å². The normalized spacial score (nSPS) is 16.2. The lowest BCUT2D eigenvalue weighted by molar-refractivity contribution is -0.163. The first-order chi connectivity index (χ1) is 10.1. The first-order valence-electron chi connectivity index (χ1n) is 7.12. The van der Waals surface area contributed by atoms with Crippen molar-refractivity contribution in [2.24, 2.45) is 4.99 Å². The second kappa shape index (κ2) is 6.52. The minimum atomic E-state index is -1.54. The minimum Gasteiger partial charge on any atom is -0.464 e. The maximum atomic E-state index is 12.2. The van der Waals surface area contributed by atoms with E-state index in [1.165, 1.54) is 0 Å². The highest BCUT2D eigenvalue weighted by Gasteiger charge is 2.52. The van der Waals surface area contributed by atoms with Crippen molar-refractivity contribution in [1.29, 1.82) is 0 Å². The van der Waals surface area contributed by atoms with E-state index in [4.69, 9.17) is 9.47 Å². The quantitative estimate of drug-likeness (QED) is 0.615. The maximum absolute atomic E-state index is 12.2. The molecular weight excluding hydrogens is 270 g/mol. The van der Waals surface area contributed by atoms with Gasteiger partial charge in [0.2, 0.25) is 0 Å². The highest BCUT2D eigenvalue weighted by molar-refractivity contribution is 6.13. The molecular formula is C16H19NO4. The molecule has 0 saturated heterocycles. The van der Waals surface area contributed by atoms with E-state index in [9.17, 15) is 9.59 Å². The number of hydrogen-bond donors (Lipinski definition) is 0.